The number of fused-ring (bicyclic) bond motifs is 1. The highest BCUT2D eigenvalue weighted by Crippen LogP contribution is 2.32. The van der Waals surface area contributed by atoms with E-state index in [4.69, 9.17) is 14.2 Å². The largest absolute Gasteiger partial charge is 0.493 e. The van der Waals surface area contributed by atoms with E-state index < -0.39 is 0 Å². The van der Waals surface area contributed by atoms with Crippen LogP contribution < -0.4 is 10.1 Å². The molecule has 0 spiro atoms. The second kappa shape index (κ2) is 7.48. The van der Waals surface area contributed by atoms with E-state index in [-0.39, 0.29) is 6.04 Å². The molecule has 0 radical (unpaired) electrons. The predicted molar refractivity (Wildman–Crippen MR) is 74.8 cm³/mol. The molecule has 1 aliphatic heterocycles. The van der Waals surface area contributed by atoms with Crippen molar-refractivity contribution >= 4 is 0 Å². The van der Waals surface area contributed by atoms with Gasteiger partial charge in [0.1, 0.15) is 5.75 Å². The Morgan fingerprint density at radius 3 is 3.05 bits per heavy atom. The SMILES string of the molecule is CNC(COCCOC)c1cccc2c1OCCC2. The standard InChI is InChI=1S/C15H23NO3/c1-16-14(11-18-10-9-17-2)13-7-3-5-12-6-4-8-19-15(12)13/h3,5,7,14,16H,4,6,8-11H2,1-2H3. The van der Waals surface area contributed by atoms with E-state index in [1.54, 1.807) is 7.11 Å². The van der Waals surface area contributed by atoms with E-state index in [1.807, 2.05) is 7.05 Å². The number of benzene rings is 1. The first-order valence-corrected chi connectivity index (χ1v) is 6.85. The molecule has 19 heavy (non-hydrogen) atoms. The third-order valence-corrected chi connectivity index (χ3v) is 3.40. The predicted octanol–water partition coefficient (Wildman–Crippen LogP) is 1.94. The average Bonchev–Trinajstić information content (AvgIpc) is 2.47. The van der Waals surface area contributed by atoms with Crippen molar-refractivity contribution in [2.24, 2.45) is 0 Å². The Labute approximate surface area is 115 Å². The first-order valence-electron chi connectivity index (χ1n) is 6.85. The van der Waals surface area contributed by atoms with E-state index in [9.17, 15) is 0 Å². The second-order valence-corrected chi connectivity index (χ2v) is 4.70. The molecule has 0 aliphatic carbocycles. The molecule has 4 heteroatoms. The number of para-hydroxylation sites is 1. The molecule has 1 atom stereocenters. The zero-order chi connectivity index (χ0) is 13.5. The van der Waals surface area contributed by atoms with Crippen LogP contribution in [0.4, 0.5) is 0 Å². The van der Waals surface area contributed by atoms with Crippen molar-refractivity contribution in [3.63, 3.8) is 0 Å². The summed E-state index contributed by atoms with van der Waals surface area (Å²) in [5.41, 5.74) is 2.50. The van der Waals surface area contributed by atoms with Gasteiger partial charge in [0.25, 0.3) is 0 Å². The summed E-state index contributed by atoms with van der Waals surface area (Å²) in [7, 11) is 3.63. The first-order chi connectivity index (χ1) is 9.36. The highest BCUT2D eigenvalue weighted by molar-refractivity contribution is 5.44. The number of nitrogens with one attached hydrogen (secondary N) is 1. The molecule has 0 amide bonds. The third kappa shape index (κ3) is 3.69. The fraction of sp³-hybridized carbons (Fsp3) is 0.600. The molecule has 1 aromatic carbocycles. The summed E-state index contributed by atoms with van der Waals surface area (Å²) >= 11 is 0. The first kappa shape index (κ1) is 14.3. The van der Waals surface area contributed by atoms with Crippen molar-refractivity contribution in [2.75, 3.05) is 40.6 Å². The van der Waals surface area contributed by atoms with Crippen LogP contribution in [-0.4, -0.2) is 40.6 Å². The molecule has 1 N–H and O–H groups in total. The van der Waals surface area contributed by atoms with E-state index >= 15 is 0 Å². The average molecular weight is 265 g/mol. The summed E-state index contributed by atoms with van der Waals surface area (Å²) in [5.74, 6) is 1.04. The molecule has 1 aliphatic rings. The summed E-state index contributed by atoms with van der Waals surface area (Å²) in [6, 6.07) is 6.52. The van der Waals surface area contributed by atoms with Gasteiger partial charge in [0, 0.05) is 12.7 Å². The minimum Gasteiger partial charge on any atom is -0.493 e. The number of likely N-dealkylation sites (N-methyl/N-ethyl adjacent to an activating group) is 1. The maximum Gasteiger partial charge on any atom is 0.127 e. The molecule has 0 fully saturated rings. The third-order valence-electron chi connectivity index (χ3n) is 3.40. The van der Waals surface area contributed by atoms with Crippen LogP contribution in [-0.2, 0) is 15.9 Å². The lowest BCUT2D eigenvalue weighted by molar-refractivity contribution is 0.0591. The summed E-state index contributed by atoms with van der Waals surface area (Å²) in [6.45, 7) is 2.68. The molecule has 1 aromatic rings. The zero-order valence-electron chi connectivity index (χ0n) is 11.8. The van der Waals surface area contributed by atoms with Gasteiger partial charge in [-0.05, 0) is 25.5 Å². The molecule has 1 heterocycles. The van der Waals surface area contributed by atoms with Gasteiger partial charge in [-0.2, -0.15) is 0 Å². The normalized spacial score (nSPS) is 15.7. The molecule has 0 saturated carbocycles. The van der Waals surface area contributed by atoms with Gasteiger partial charge in [0.2, 0.25) is 0 Å². The van der Waals surface area contributed by atoms with Gasteiger partial charge in [-0.1, -0.05) is 18.2 Å². The van der Waals surface area contributed by atoms with Crippen molar-refractivity contribution in [1.82, 2.24) is 5.32 Å². The van der Waals surface area contributed by atoms with Crippen LogP contribution in [0.5, 0.6) is 5.75 Å². The highest BCUT2D eigenvalue weighted by Gasteiger charge is 2.20. The van der Waals surface area contributed by atoms with Gasteiger partial charge in [-0.3, -0.25) is 0 Å². The van der Waals surface area contributed by atoms with Crippen LogP contribution in [0.25, 0.3) is 0 Å². The summed E-state index contributed by atoms with van der Waals surface area (Å²) < 4.78 is 16.5. The van der Waals surface area contributed by atoms with Crippen molar-refractivity contribution in [1.29, 1.82) is 0 Å². The van der Waals surface area contributed by atoms with E-state index in [0.717, 1.165) is 25.2 Å². The maximum absolute atomic E-state index is 5.84. The molecule has 1 unspecified atom stereocenters. The van der Waals surface area contributed by atoms with Gasteiger partial charge < -0.3 is 19.5 Å². The smallest absolute Gasteiger partial charge is 0.127 e. The minimum absolute atomic E-state index is 0.157. The lowest BCUT2D eigenvalue weighted by Crippen LogP contribution is -2.24. The molecule has 2 rings (SSSR count). The summed E-state index contributed by atoms with van der Waals surface area (Å²) in [5, 5.41) is 3.30. The fourth-order valence-electron chi connectivity index (χ4n) is 2.36. The van der Waals surface area contributed by atoms with Gasteiger partial charge in [0.05, 0.1) is 32.5 Å². The Morgan fingerprint density at radius 2 is 2.26 bits per heavy atom. The lowest BCUT2D eigenvalue weighted by atomic mass is 9.98. The molecular weight excluding hydrogens is 242 g/mol. The van der Waals surface area contributed by atoms with Crippen LogP contribution in [0.1, 0.15) is 23.6 Å². The minimum atomic E-state index is 0.157. The van der Waals surface area contributed by atoms with Crippen LogP contribution in [0.3, 0.4) is 0 Å². The number of aryl methyl sites for hydroxylation is 1. The lowest BCUT2D eigenvalue weighted by Gasteiger charge is -2.25. The number of methoxy groups -OCH3 is 1. The van der Waals surface area contributed by atoms with Crippen molar-refractivity contribution < 1.29 is 14.2 Å². The van der Waals surface area contributed by atoms with E-state index in [1.165, 1.54) is 11.1 Å². The van der Waals surface area contributed by atoms with Crippen LogP contribution in [0, 0.1) is 0 Å². The number of ether oxygens (including phenoxy) is 3. The Balaban J connectivity index is 2.05. The van der Waals surface area contributed by atoms with Gasteiger partial charge in [-0.15, -0.1) is 0 Å². The van der Waals surface area contributed by atoms with Crippen molar-refractivity contribution in [3.05, 3.63) is 29.3 Å². The maximum atomic E-state index is 5.84. The Bertz CT molecular complexity index is 395. The topological polar surface area (TPSA) is 39.7 Å². The van der Waals surface area contributed by atoms with Gasteiger partial charge in [0.15, 0.2) is 0 Å². The number of rotatable bonds is 7. The van der Waals surface area contributed by atoms with Crippen molar-refractivity contribution in [2.45, 2.75) is 18.9 Å². The molecular formula is C15H23NO3. The van der Waals surface area contributed by atoms with Gasteiger partial charge >= 0.3 is 0 Å². The summed E-state index contributed by atoms with van der Waals surface area (Å²) in [6.07, 6.45) is 2.20. The number of hydrogen-bond acceptors (Lipinski definition) is 4. The second-order valence-electron chi connectivity index (χ2n) is 4.70. The van der Waals surface area contributed by atoms with Crippen LogP contribution in [0.2, 0.25) is 0 Å². The van der Waals surface area contributed by atoms with E-state index in [0.29, 0.717) is 19.8 Å². The quantitative estimate of drug-likeness (QED) is 0.765. The Hall–Kier alpha value is -1.10. The molecule has 4 nitrogen and oxygen atoms in total. The van der Waals surface area contributed by atoms with Crippen LogP contribution >= 0.6 is 0 Å². The molecule has 0 aromatic heterocycles. The highest BCUT2D eigenvalue weighted by atomic mass is 16.5. The summed E-state index contributed by atoms with van der Waals surface area (Å²) in [4.78, 5) is 0. The van der Waals surface area contributed by atoms with Crippen LogP contribution in [0.15, 0.2) is 18.2 Å². The van der Waals surface area contributed by atoms with Crippen molar-refractivity contribution in [3.8, 4) is 5.75 Å². The molecule has 0 saturated heterocycles. The molecule has 0 bridgehead atoms. The number of hydrogen-bond donors (Lipinski definition) is 1. The van der Waals surface area contributed by atoms with Gasteiger partial charge in [-0.25, -0.2) is 0 Å². The zero-order valence-corrected chi connectivity index (χ0v) is 11.8. The molecule has 106 valence electrons. The Kier molecular flexibility index (Phi) is 5.63. The monoisotopic (exact) mass is 265 g/mol. The fourth-order valence-corrected chi connectivity index (χ4v) is 2.36. The van der Waals surface area contributed by atoms with E-state index in [2.05, 4.69) is 23.5 Å². The Morgan fingerprint density at radius 1 is 1.37 bits per heavy atom.